The van der Waals surface area contributed by atoms with Crippen molar-refractivity contribution in [2.45, 2.75) is 6.54 Å². The molecule has 0 fully saturated rings. The summed E-state index contributed by atoms with van der Waals surface area (Å²) in [5.74, 6) is 0.948. The van der Waals surface area contributed by atoms with Gasteiger partial charge in [0.15, 0.2) is 0 Å². The smallest absolute Gasteiger partial charge is 0.268 e. The Hall–Kier alpha value is -1.88. The van der Waals surface area contributed by atoms with Crippen LogP contribution in [0.3, 0.4) is 0 Å². The van der Waals surface area contributed by atoms with Crippen molar-refractivity contribution >= 4 is 17.4 Å². The van der Waals surface area contributed by atoms with Crippen molar-refractivity contribution in [2.24, 2.45) is 0 Å². The first-order valence-corrected chi connectivity index (χ1v) is 5.35. The van der Waals surface area contributed by atoms with Crippen molar-refractivity contribution in [2.75, 3.05) is 12.8 Å². The number of aromatic amines is 1. The standard InChI is InChI=1S/C11H12ClN3O2/c1-17-9-3-2-7(4-8(9)12)6-15-11(16)5-10(13)14-15/h2-5,14H,6,13H2,1H3. The van der Waals surface area contributed by atoms with Gasteiger partial charge in [0.1, 0.15) is 11.6 Å². The van der Waals surface area contributed by atoms with E-state index < -0.39 is 0 Å². The first-order valence-electron chi connectivity index (χ1n) is 4.98. The maximum absolute atomic E-state index is 11.4. The van der Waals surface area contributed by atoms with Crippen LogP contribution in [0.1, 0.15) is 5.56 Å². The highest BCUT2D eigenvalue weighted by Gasteiger charge is 2.05. The Kier molecular flexibility index (Phi) is 3.10. The average Bonchev–Trinajstić information content (AvgIpc) is 2.58. The fraction of sp³-hybridized carbons (Fsp3) is 0.182. The molecular formula is C11H12ClN3O2. The Morgan fingerprint density at radius 1 is 1.47 bits per heavy atom. The number of aromatic nitrogens is 2. The molecule has 5 nitrogen and oxygen atoms in total. The maximum atomic E-state index is 11.4. The molecule has 3 N–H and O–H groups in total. The molecule has 0 atom stereocenters. The minimum atomic E-state index is -0.172. The Bertz CT molecular complexity index is 589. The van der Waals surface area contributed by atoms with Crippen molar-refractivity contribution in [1.29, 1.82) is 0 Å². The molecule has 2 rings (SSSR count). The first-order chi connectivity index (χ1) is 8.10. The van der Waals surface area contributed by atoms with Gasteiger partial charge in [0, 0.05) is 6.07 Å². The number of methoxy groups -OCH3 is 1. The van der Waals surface area contributed by atoms with Crippen LogP contribution in [0.5, 0.6) is 5.75 Å². The highest BCUT2D eigenvalue weighted by Crippen LogP contribution is 2.24. The lowest BCUT2D eigenvalue weighted by molar-refractivity contribution is 0.415. The van der Waals surface area contributed by atoms with Gasteiger partial charge in [-0.05, 0) is 17.7 Å². The fourth-order valence-electron chi connectivity index (χ4n) is 1.56. The normalized spacial score (nSPS) is 10.5. The zero-order valence-corrected chi connectivity index (χ0v) is 9.99. The lowest BCUT2D eigenvalue weighted by Crippen LogP contribution is -2.16. The first kappa shape index (κ1) is 11.6. The summed E-state index contributed by atoms with van der Waals surface area (Å²) >= 11 is 5.99. The van der Waals surface area contributed by atoms with Gasteiger partial charge in [0.05, 0.1) is 18.7 Å². The quantitative estimate of drug-likeness (QED) is 0.870. The van der Waals surface area contributed by atoms with Gasteiger partial charge in [-0.3, -0.25) is 9.89 Å². The second-order valence-corrected chi connectivity index (χ2v) is 4.01. The summed E-state index contributed by atoms with van der Waals surface area (Å²) in [4.78, 5) is 11.4. The van der Waals surface area contributed by atoms with Gasteiger partial charge in [-0.2, -0.15) is 0 Å². The van der Waals surface area contributed by atoms with Crippen LogP contribution >= 0.6 is 11.6 Å². The molecule has 2 aromatic rings. The van der Waals surface area contributed by atoms with Gasteiger partial charge in [-0.15, -0.1) is 0 Å². The summed E-state index contributed by atoms with van der Waals surface area (Å²) in [5.41, 5.74) is 6.20. The predicted molar refractivity (Wildman–Crippen MR) is 66.6 cm³/mol. The molecule has 0 saturated carbocycles. The third-order valence-electron chi connectivity index (χ3n) is 2.37. The predicted octanol–water partition coefficient (Wildman–Crippen LogP) is 1.47. The highest BCUT2D eigenvalue weighted by molar-refractivity contribution is 6.32. The number of benzene rings is 1. The molecular weight excluding hydrogens is 242 g/mol. The molecule has 1 heterocycles. The number of halogens is 1. The Morgan fingerprint density at radius 2 is 2.24 bits per heavy atom. The minimum absolute atomic E-state index is 0.172. The molecule has 0 unspecified atom stereocenters. The van der Waals surface area contributed by atoms with Gasteiger partial charge in [-0.25, -0.2) is 4.68 Å². The highest BCUT2D eigenvalue weighted by atomic mass is 35.5. The van der Waals surface area contributed by atoms with Gasteiger partial charge in [0.25, 0.3) is 5.56 Å². The van der Waals surface area contributed by atoms with E-state index in [9.17, 15) is 4.79 Å². The number of H-pyrrole nitrogens is 1. The van der Waals surface area contributed by atoms with Crippen molar-refractivity contribution in [1.82, 2.24) is 9.78 Å². The van der Waals surface area contributed by atoms with Crippen LogP contribution in [0.2, 0.25) is 5.02 Å². The number of nitrogens with two attached hydrogens (primary N) is 1. The van der Waals surface area contributed by atoms with E-state index in [1.165, 1.54) is 10.7 Å². The fourth-order valence-corrected chi connectivity index (χ4v) is 1.84. The number of ether oxygens (including phenoxy) is 1. The second kappa shape index (κ2) is 4.55. The molecule has 0 aliphatic carbocycles. The lowest BCUT2D eigenvalue weighted by atomic mass is 10.2. The molecule has 0 amide bonds. The minimum Gasteiger partial charge on any atom is -0.495 e. The second-order valence-electron chi connectivity index (χ2n) is 3.60. The van der Waals surface area contributed by atoms with Gasteiger partial charge >= 0.3 is 0 Å². The third-order valence-corrected chi connectivity index (χ3v) is 2.66. The molecule has 0 spiro atoms. The van der Waals surface area contributed by atoms with E-state index in [2.05, 4.69) is 5.10 Å². The topological polar surface area (TPSA) is 73.0 Å². The number of hydrogen-bond donors (Lipinski definition) is 2. The molecule has 90 valence electrons. The molecule has 0 bridgehead atoms. The van der Waals surface area contributed by atoms with Crippen LogP contribution in [0.15, 0.2) is 29.1 Å². The molecule has 0 radical (unpaired) electrons. The van der Waals surface area contributed by atoms with Gasteiger partial charge in [0.2, 0.25) is 0 Å². The van der Waals surface area contributed by atoms with E-state index in [0.29, 0.717) is 23.1 Å². The monoisotopic (exact) mass is 253 g/mol. The van der Waals surface area contributed by atoms with Gasteiger partial charge < -0.3 is 10.5 Å². The number of rotatable bonds is 3. The molecule has 0 aliphatic heterocycles. The van der Waals surface area contributed by atoms with E-state index in [0.717, 1.165) is 5.56 Å². The third kappa shape index (κ3) is 2.45. The zero-order chi connectivity index (χ0) is 12.4. The Morgan fingerprint density at radius 3 is 2.76 bits per heavy atom. The number of nitrogen functional groups attached to an aromatic ring is 1. The summed E-state index contributed by atoms with van der Waals surface area (Å²) in [6.45, 7) is 0.389. The largest absolute Gasteiger partial charge is 0.495 e. The van der Waals surface area contributed by atoms with E-state index >= 15 is 0 Å². The van der Waals surface area contributed by atoms with E-state index in [-0.39, 0.29) is 5.56 Å². The number of nitrogens with one attached hydrogen (secondary N) is 1. The molecule has 6 heteroatoms. The Labute approximate surface area is 103 Å². The lowest BCUT2D eigenvalue weighted by Gasteiger charge is -2.06. The summed E-state index contributed by atoms with van der Waals surface area (Å²) in [6.07, 6.45) is 0. The average molecular weight is 254 g/mol. The maximum Gasteiger partial charge on any atom is 0.268 e. The van der Waals surface area contributed by atoms with Crippen LogP contribution in [0.25, 0.3) is 0 Å². The van der Waals surface area contributed by atoms with Crippen LogP contribution in [-0.2, 0) is 6.54 Å². The van der Waals surface area contributed by atoms with Crippen molar-refractivity contribution in [3.8, 4) is 5.75 Å². The van der Waals surface area contributed by atoms with E-state index in [4.69, 9.17) is 22.1 Å². The van der Waals surface area contributed by atoms with Gasteiger partial charge in [-0.1, -0.05) is 17.7 Å². The summed E-state index contributed by atoms with van der Waals surface area (Å²) in [7, 11) is 1.55. The summed E-state index contributed by atoms with van der Waals surface area (Å²) < 4.78 is 6.46. The molecule has 0 aliphatic rings. The molecule has 17 heavy (non-hydrogen) atoms. The van der Waals surface area contributed by atoms with Crippen LogP contribution in [0, 0.1) is 0 Å². The number of anilines is 1. The van der Waals surface area contributed by atoms with E-state index in [1.807, 2.05) is 6.07 Å². The molecule has 0 saturated heterocycles. The molecule has 1 aromatic heterocycles. The van der Waals surface area contributed by atoms with Crippen LogP contribution < -0.4 is 16.0 Å². The van der Waals surface area contributed by atoms with Crippen molar-refractivity contribution < 1.29 is 4.74 Å². The van der Waals surface area contributed by atoms with Crippen molar-refractivity contribution in [3.05, 3.63) is 45.2 Å². The summed E-state index contributed by atoms with van der Waals surface area (Å²) in [6, 6.07) is 6.69. The zero-order valence-electron chi connectivity index (χ0n) is 9.24. The van der Waals surface area contributed by atoms with Crippen LogP contribution in [-0.4, -0.2) is 16.9 Å². The van der Waals surface area contributed by atoms with Crippen LogP contribution in [0.4, 0.5) is 5.82 Å². The summed E-state index contributed by atoms with van der Waals surface area (Å²) in [5, 5.41) is 3.26. The SMILES string of the molecule is COc1ccc(Cn2[nH]c(N)cc2=O)cc1Cl. The van der Waals surface area contributed by atoms with Crippen molar-refractivity contribution in [3.63, 3.8) is 0 Å². The number of nitrogens with zero attached hydrogens (tertiary/aromatic N) is 1. The number of hydrogen-bond acceptors (Lipinski definition) is 3. The molecule has 1 aromatic carbocycles. The van der Waals surface area contributed by atoms with E-state index in [1.54, 1.807) is 19.2 Å². The Balaban J connectivity index is 2.28.